The maximum atomic E-state index is 12.8. The third kappa shape index (κ3) is 3.18. The van der Waals surface area contributed by atoms with Gasteiger partial charge in [-0.25, -0.2) is 9.78 Å². The van der Waals surface area contributed by atoms with Crippen LogP contribution in [0.5, 0.6) is 0 Å². The molecule has 2 unspecified atom stereocenters. The number of rotatable bonds is 3. The van der Waals surface area contributed by atoms with Crippen LogP contribution in [-0.4, -0.2) is 56.9 Å². The fraction of sp³-hybridized carbons (Fsp3) is 0.700. The van der Waals surface area contributed by atoms with E-state index in [9.17, 15) is 9.90 Å². The van der Waals surface area contributed by atoms with E-state index in [1.54, 1.807) is 11.1 Å². The largest absolute Gasteiger partial charge is 0.446 e. The summed E-state index contributed by atoms with van der Waals surface area (Å²) in [7, 11) is 0. The Balaban J connectivity index is 1.18. The average molecular weight is 383 g/mol. The number of hydrogen-bond donors (Lipinski definition) is 2. The molecule has 148 valence electrons. The zero-order chi connectivity index (χ0) is 19.3. The third-order valence-electron chi connectivity index (χ3n) is 6.94. The lowest BCUT2D eigenvalue weighted by Gasteiger charge is -2.57. The lowest BCUT2D eigenvalue weighted by Crippen LogP contribution is -2.58. The number of aliphatic hydroxyl groups is 1. The Kier molecular flexibility index (Phi) is 4.16. The molecule has 4 bridgehead atoms. The average Bonchev–Trinajstić information content (AvgIpc) is 3.12. The van der Waals surface area contributed by atoms with Gasteiger partial charge < -0.3 is 20.1 Å². The van der Waals surface area contributed by atoms with Crippen LogP contribution in [0.1, 0.15) is 44.2 Å². The molecule has 2 heterocycles. The van der Waals surface area contributed by atoms with Gasteiger partial charge >= 0.3 is 6.09 Å². The van der Waals surface area contributed by atoms with Crippen molar-refractivity contribution in [3.63, 3.8) is 0 Å². The molecule has 1 aliphatic heterocycles. The minimum atomic E-state index is -0.513. The summed E-state index contributed by atoms with van der Waals surface area (Å²) in [4.78, 5) is 22.7. The topological polar surface area (TPSA) is 111 Å². The number of nitrogens with zero attached hydrogens (tertiary/aromatic N) is 4. The van der Waals surface area contributed by atoms with Gasteiger partial charge in [0.05, 0.1) is 18.0 Å². The number of carbonyl (C=O) groups is 1. The van der Waals surface area contributed by atoms with Crippen molar-refractivity contribution in [2.75, 3.05) is 18.4 Å². The zero-order valence-corrected chi connectivity index (χ0v) is 15.8. The molecule has 28 heavy (non-hydrogen) atoms. The summed E-state index contributed by atoms with van der Waals surface area (Å²) >= 11 is 0. The molecule has 8 nitrogen and oxygen atoms in total. The van der Waals surface area contributed by atoms with E-state index >= 15 is 0 Å². The highest BCUT2D eigenvalue weighted by molar-refractivity contribution is 5.68. The Morgan fingerprint density at radius 3 is 2.82 bits per heavy atom. The molecule has 5 aliphatic rings. The molecule has 4 saturated carbocycles. The Bertz CT molecular complexity index is 808. The second-order valence-corrected chi connectivity index (χ2v) is 9.02. The minimum absolute atomic E-state index is 0.0467. The predicted molar refractivity (Wildman–Crippen MR) is 99.1 cm³/mol. The molecule has 0 radical (unpaired) electrons. The van der Waals surface area contributed by atoms with Gasteiger partial charge in [0.1, 0.15) is 18.0 Å². The number of nitriles is 1. The molecular formula is C20H25N5O3. The van der Waals surface area contributed by atoms with E-state index in [0.717, 1.165) is 38.5 Å². The SMILES string of the molecule is N#Cc1cncc(N[C@@H]2CCN(C(=O)OC3C4CC5CC3CC(O)(C5)C4)C2)n1. The normalized spacial score (nSPS) is 38.3. The van der Waals surface area contributed by atoms with Crippen molar-refractivity contribution < 1.29 is 14.6 Å². The predicted octanol–water partition coefficient (Wildman–Crippen LogP) is 1.91. The lowest BCUT2D eigenvalue weighted by molar-refractivity contribution is -0.177. The monoisotopic (exact) mass is 383 g/mol. The molecule has 0 aromatic carbocycles. The molecule has 1 amide bonds. The van der Waals surface area contributed by atoms with Gasteiger partial charge in [-0.1, -0.05) is 0 Å². The number of aromatic nitrogens is 2. The van der Waals surface area contributed by atoms with Crippen molar-refractivity contribution in [3.8, 4) is 6.07 Å². The maximum absolute atomic E-state index is 12.8. The van der Waals surface area contributed by atoms with Crippen LogP contribution >= 0.6 is 0 Å². The van der Waals surface area contributed by atoms with Crippen LogP contribution in [0.2, 0.25) is 0 Å². The highest BCUT2D eigenvalue weighted by Crippen LogP contribution is 2.56. The fourth-order valence-electron chi connectivity index (χ4n) is 6.06. The number of anilines is 1. The Hall–Kier alpha value is -2.40. The van der Waals surface area contributed by atoms with E-state index in [0.29, 0.717) is 36.7 Å². The van der Waals surface area contributed by atoms with E-state index < -0.39 is 5.60 Å². The summed E-state index contributed by atoms with van der Waals surface area (Å²) < 4.78 is 5.97. The van der Waals surface area contributed by atoms with Crippen LogP contribution in [0, 0.1) is 29.1 Å². The van der Waals surface area contributed by atoms with E-state index in [1.807, 2.05) is 6.07 Å². The van der Waals surface area contributed by atoms with E-state index in [2.05, 4.69) is 15.3 Å². The van der Waals surface area contributed by atoms with Crippen molar-refractivity contribution in [2.24, 2.45) is 17.8 Å². The standard InChI is InChI=1S/C20H25N5O3/c21-8-16-9-22-10-17(24-16)23-15-1-2-25(11-15)19(26)28-18-13-3-12-4-14(18)7-20(27,5-12)6-13/h9-10,12-15,18,27H,1-7,11H2,(H,23,24)/t12?,13?,14?,15-,18?,20?/m1/s1. The summed E-state index contributed by atoms with van der Waals surface area (Å²) in [5.41, 5.74) is -0.246. The van der Waals surface area contributed by atoms with Gasteiger partial charge in [0.2, 0.25) is 0 Å². The van der Waals surface area contributed by atoms with Crippen molar-refractivity contribution >= 4 is 11.9 Å². The highest BCUT2D eigenvalue weighted by Gasteiger charge is 2.56. The molecule has 1 aromatic rings. The number of nitrogens with one attached hydrogen (secondary N) is 1. The number of likely N-dealkylation sites (tertiary alicyclic amines) is 1. The fourth-order valence-corrected chi connectivity index (χ4v) is 6.06. The molecular weight excluding hydrogens is 358 g/mol. The van der Waals surface area contributed by atoms with Crippen LogP contribution in [0.4, 0.5) is 10.6 Å². The molecule has 4 aliphatic carbocycles. The summed E-state index contributed by atoms with van der Waals surface area (Å²) in [5, 5.41) is 22.9. The van der Waals surface area contributed by atoms with Crippen LogP contribution in [0.25, 0.3) is 0 Å². The second kappa shape index (κ2) is 6.59. The first-order valence-electron chi connectivity index (χ1n) is 10.2. The molecule has 0 spiro atoms. The number of hydrogen-bond acceptors (Lipinski definition) is 7. The molecule has 1 aromatic heterocycles. The molecule has 8 heteroatoms. The van der Waals surface area contributed by atoms with Crippen LogP contribution < -0.4 is 5.32 Å². The van der Waals surface area contributed by atoms with Gasteiger partial charge in [-0.2, -0.15) is 5.26 Å². The van der Waals surface area contributed by atoms with Gasteiger partial charge in [0.25, 0.3) is 0 Å². The number of ether oxygens (including phenoxy) is 1. The quantitative estimate of drug-likeness (QED) is 0.820. The van der Waals surface area contributed by atoms with Crippen molar-refractivity contribution in [1.29, 1.82) is 5.26 Å². The van der Waals surface area contributed by atoms with Gasteiger partial charge in [-0.15, -0.1) is 0 Å². The molecule has 6 rings (SSSR count). The maximum Gasteiger partial charge on any atom is 0.410 e. The molecule has 2 N–H and O–H groups in total. The Morgan fingerprint density at radius 1 is 1.32 bits per heavy atom. The zero-order valence-electron chi connectivity index (χ0n) is 15.8. The smallest absolute Gasteiger partial charge is 0.410 e. The second-order valence-electron chi connectivity index (χ2n) is 9.02. The van der Waals surface area contributed by atoms with Crippen molar-refractivity contribution in [1.82, 2.24) is 14.9 Å². The van der Waals surface area contributed by atoms with Crippen molar-refractivity contribution in [3.05, 3.63) is 18.1 Å². The van der Waals surface area contributed by atoms with Gasteiger partial charge in [0, 0.05) is 19.1 Å². The number of amides is 1. The van der Waals surface area contributed by atoms with Gasteiger partial charge in [0.15, 0.2) is 5.69 Å². The van der Waals surface area contributed by atoms with Crippen LogP contribution in [0.3, 0.4) is 0 Å². The van der Waals surface area contributed by atoms with Crippen molar-refractivity contribution in [2.45, 2.75) is 56.3 Å². The highest BCUT2D eigenvalue weighted by atomic mass is 16.6. The first-order chi connectivity index (χ1) is 13.5. The Morgan fingerprint density at radius 2 is 2.11 bits per heavy atom. The summed E-state index contributed by atoms with van der Waals surface area (Å²) in [6, 6.07) is 2.04. The van der Waals surface area contributed by atoms with Gasteiger partial charge in [-0.3, -0.25) is 4.98 Å². The number of carbonyl (C=O) groups excluding carboxylic acids is 1. The molecule has 1 saturated heterocycles. The lowest BCUT2D eigenvalue weighted by atomic mass is 9.53. The first-order valence-corrected chi connectivity index (χ1v) is 10.2. The van der Waals surface area contributed by atoms with Gasteiger partial charge in [-0.05, 0) is 56.3 Å². The van der Waals surface area contributed by atoms with Crippen LogP contribution in [0.15, 0.2) is 12.4 Å². The summed E-state index contributed by atoms with van der Waals surface area (Å²) in [5.74, 6) is 1.76. The third-order valence-corrected chi connectivity index (χ3v) is 6.94. The van der Waals surface area contributed by atoms with E-state index in [4.69, 9.17) is 10.00 Å². The first kappa shape index (κ1) is 17.7. The van der Waals surface area contributed by atoms with E-state index in [-0.39, 0.29) is 23.9 Å². The molecule has 3 atom stereocenters. The van der Waals surface area contributed by atoms with Crippen LogP contribution in [-0.2, 0) is 4.74 Å². The molecule has 5 fully saturated rings. The summed E-state index contributed by atoms with van der Waals surface area (Å²) in [6.45, 7) is 1.18. The van der Waals surface area contributed by atoms with E-state index in [1.165, 1.54) is 6.20 Å². The Labute approximate surface area is 163 Å². The summed E-state index contributed by atoms with van der Waals surface area (Å²) in [6.07, 6.45) is 8.14. The minimum Gasteiger partial charge on any atom is -0.446 e.